The first-order chi connectivity index (χ1) is 5.86. The predicted octanol–water partition coefficient (Wildman–Crippen LogP) is 2.31. The third kappa shape index (κ3) is 2.31. The number of hydrogen-bond donors (Lipinski definition) is 0. The van der Waals surface area contributed by atoms with Crippen molar-refractivity contribution < 1.29 is 9.47 Å². The molecular weight excluding hydrogens is 152 g/mol. The fraction of sp³-hybridized carbons (Fsp3) is 0.200. The first-order valence-electron chi connectivity index (χ1n) is 3.70. The number of hydrogen-bond acceptors (Lipinski definition) is 2. The van der Waals surface area contributed by atoms with Crippen LogP contribution in [0.5, 0.6) is 5.75 Å². The summed E-state index contributed by atoms with van der Waals surface area (Å²) in [6, 6.07) is 7.76. The summed E-state index contributed by atoms with van der Waals surface area (Å²) < 4.78 is 9.81. The van der Waals surface area contributed by atoms with Gasteiger partial charge in [0.2, 0.25) is 0 Å². The van der Waals surface area contributed by atoms with Crippen LogP contribution in [0.15, 0.2) is 30.5 Å². The van der Waals surface area contributed by atoms with Crippen LogP contribution in [0.3, 0.4) is 0 Å². The van der Waals surface area contributed by atoms with Gasteiger partial charge in [0.1, 0.15) is 5.75 Å². The maximum absolute atomic E-state index is 5.02. The van der Waals surface area contributed by atoms with Crippen LogP contribution in [0.25, 0.3) is 6.08 Å². The van der Waals surface area contributed by atoms with Crippen molar-refractivity contribution in [1.29, 1.82) is 0 Å². The molecule has 2 heteroatoms. The second-order valence-corrected chi connectivity index (χ2v) is 2.31. The zero-order chi connectivity index (χ0) is 8.81. The van der Waals surface area contributed by atoms with Crippen molar-refractivity contribution in [2.24, 2.45) is 0 Å². The van der Waals surface area contributed by atoms with Gasteiger partial charge >= 0.3 is 0 Å². The second-order valence-electron chi connectivity index (χ2n) is 2.31. The molecule has 0 amide bonds. The van der Waals surface area contributed by atoms with Gasteiger partial charge in [-0.3, -0.25) is 0 Å². The lowest BCUT2D eigenvalue weighted by Crippen LogP contribution is -1.81. The molecule has 0 heterocycles. The van der Waals surface area contributed by atoms with Gasteiger partial charge < -0.3 is 9.47 Å². The van der Waals surface area contributed by atoms with Crippen LogP contribution in [-0.4, -0.2) is 14.2 Å². The molecule has 0 aliphatic heterocycles. The van der Waals surface area contributed by atoms with E-state index in [4.69, 9.17) is 9.47 Å². The molecule has 2 nitrogen and oxygen atoms in total. The van der Waals surface area contributed by atoms with Crippen molar-refractivity contribution in [3.8, 4) is 5.75 Å². The summed E-state index contributed by atoms with van der Waals surface area (Å²) in [5, 5.41) is 0. The first kappa shape index (κ1) is 8.65. The number of benzene rings is 1. The summed E-state index contributed by atoms with van der Waals surface area (Å²) in [4.78, 5) is 0. The maximum Gasteiger partial charge on any atom is 0.118 e. The highest BCUT2D eigenvalue weighted by molar-refractivity contribution is 5.49. The van der Waals surface area contributed by atoms with Gasteiger partial charge in [-0.05, 0) is 23.8 Å². The molecule has 0 fully saturated rings. The summed E-state index contributed by atoms with van der Waals surface area (Å²) in [7, 11) is 3.28. The van der Waals surface area contributed by atoms with E-state index in [1.54, 1.807) is 20.5 Å². The van der Waals surface area contributed by atoms with Gasteiger partial charge in [0.15, 0.2) is 0 Å². The number of rotatable bonds is 3. The largest absolute Gasteiger partial charge is 0.504 e. The van der Waals surface area contributed by atoms with Gasteiger partial charge in [-0.25, -0.2) is 0 Å². The quantitative estimate of drug-likeness (QED) is 0.638. The molecule has 0 atom stereocenters. The van der Waals surface area contributed by atoms with Gasteiger partial charge in [-0.15, -0.1) is 0 Å². The molecule has 0 aliphatic rings. The van der Waals surface area contributed by atoms with Gasteiger partial charge in [-0.1, -0.05) is 12.1 Å². The van der Waals surface area contributed by atoms with Gasteiger partial charge in [0.25, 0.3) is 0 Å². The van der Waals surface area contributed by atoms with Crippen LogP contribution in [0.4, 0.5) is 0 Å². The summed E-state index contributed by atoms with van der Waals surface area (Å²) in [6.45, 7) is 0. The molecule has 0 aromatic heterocycles. The van der Waals surface area contributed by atoms with E-state index in [1.807, 2.05) is 30.3 Å². The Morgan fingerprint density at radius 2 is 1.75 bits per heavy atom. The molecule has 64 valence electrons. The first-order valence-corrected chi connectivity index (χ1v) is 3.70. The fourth-order valence-corrected chi connectivity index (χ4v) is 0.862. The van der Waals surface area contributed by atoms with Crippen molar-refractivity contribution in [2.75, 3.05) is 14.2 Å². The van der Waals surface area contributed by atoms with Gasteiger partial charge in [0.05, 0.1) is 20.5 Å². The molecule has 0 N–H and O–H groups in total. The average molecular weight is 164 g/mol. The van der Waals surface area contributed by atoms with E-state index in [0.29, 0.717) is 0 Å². The third-order valence-corrected chi connectivity index (χ3v) is 1.51. The zero-order valence-electron chi connectivity index (χ0n) is 7.28. The van der Waals surface area contributed by atoms with E-state index < -0.39 is 0 Å². The van der Waals surface area contributed by atoms with E-state index in [0.717, 1.165) is 11.3 Å². The summed E-state index contributed by atoms with van der Waals surface area (Å²) in [5.74, 6) is 0.865. The number of methoxy groups -OCH3 is 2. The van der Waals surface area contributed by atoms with E-state index in [-0.39, 0.29) is 0 Å². The lowest BCUT2D eigenvalue weighted by atomic mass is 10.2. The lowest BCUT2D eigenvalue weighted by molar-refractivity contribution is 0.341. The van der Waals surface area contributed by atoms with Crippen LogP contribution in [0.1, 0.15) is 5.56 Å². The Labute approximate surface area is 72.4 Å². The molecule has 0 saturated carbocycles. The normalized spacial score (nSPS) is 10.2. The highest BCUT2D eigenvalue weighted by Gasteiger charge is 1.88. The molecule has 0 radical (unpaired) electrons. The number of ether oxygens (including phenoxy) is 2. The Bertz CT molecular complexity index is 249. The Hall–Kier alpha value is -1.44. The molecule has 0 unspecified atom stereocenters. The summed E-state index contributed by atoms with van der Waals surface area (Å²) >= 11 is 0. The van der Waals surface area contributed by atoms with Crippen molar-refractivity contribution >= 4 is 6.08 Å². The minimum atomic E-state index is 0.865. The van der Waals surface area contributed by atoms with E-state index in [1.165, 1.54) is 0 Å². The standard InChI is InChI=1S/C10H12O2/c1-11-8-7-9-3-5-10(12-2)6-4-9/h3-8H,1-2H3. The lowest BCUT2D eigenvalue weighted by Gasteiger charge is -1.98. The van der Waals surface area contributed by atoms with Crippen molar-refractivity contribution in [3.05, 3.63) is 36.1 Å². The minimum absolute atomic E-state index is 0.865. The van der Waals surface area contributed by atoms with Crippen LogP contribution >= 0.6 is 0 Å². The van der Waals surface area contributed by atoms with Crippen LogP contribution in [-0.2, 0) is 4.74 Å². The van der Waals surface area contributed by atoms with Gasteiger partial charge in [0, 0.05) is 0 Å². The minimum Gasteiger partial charge on any atom is -0.504 e. The topological polar surface area (TPSA) is 18.5 Å². The van der Waals surface area contributed by atoms with E-state index in [9.17, 15) is 0 Å². The van der Waals surface area contributed by atoms with Crippen LogP contribution in [0, 0.1) is 0 Å². The highest BCUT2D eigenvalue weighted by Crippen LogP contribution is 2.11. The average Bonchev–Trinajstić information content (AvgIpc) is 2.15. The summed E-state index contributed by atoms with van der Waals surface area (Å²) in [6.07, 6.45) is 3.53. The van der Waals surface area contributed by atoms with Crippen molar-refractivity contribution in [2.45, 2.75) is 0 Å². The Kier molecular flexibility index (Phi) is 3.20. The Morgan fingerprint density at radius 1 is 1.08 bits per heavy atom. The SMILES string of the molecule is COC=Cc1ccc(OC)cc1. The third-order valence-electron chi connectivity index (χ3n) is 1.51. The summed E-state index contributed by atoms with van der Waals surface area (Å²) in [5.41, 5.74) is 1.10. The van der Waals surface area contributed by atoms with Crippen molar-refractivity contribution in [3.63, 3.8) is 0 Å². The van der Waals surface area contributed by atoms with Crippen molar-refractivity contribution in [1.82, 2.24) is 0 Å². The maximum atomic E-state index is 5.02. The molecular formula is C10H12O2. The van der Waals surface area contributed by atoms with E-state index >= 15 is 0 Å². The van der Waals surface area contributed by atoms with Crippen LogP contribution in [0.2, 0.25) is 0 Å². The molecule has 1 aromatic rings. The monoisotopic (exact) mass is 164 g/mol. The zero-order valence-corrected chi connectivity index (χ0v) is 7.28. The molecule has 1 aromatic carbocycles. The van der Waals surface area contributed by atoms with E-state index in [2.05, 4.69) is 0 Å². The smallest absolute Gasteiger partial charge is 0.118 e. The molecule has 12 heavy (non-hydrogen) atoms. The Morgan fingerprint density at radius 3 is 2.25 bits per heavy atom. The fourth-order valence-electron chi connectivity index (χ4n) is 0.862. The molecule has 0 spiro atoms. The molecule has 0 bridgehead atoms. The predicted molar refractivity (Wildman–Crippen MR) is 49.0 cm³/mol. The second kappa shape index (κ2) is 4.44. The molecule has 0 aliphatic carbocycles. The molecule has 0 saturated heterocycles. The van der Waals surface area contributed by atoms with Gasteiger partial charge in [-0.2, -0.15) is 0 Å². The molecule has 1 rings (SSSR count). The van der Waals surface area contributed by atoms with Crippen LogP contribution < -0.4 is 4.74 Å². The Balaban J connectivity index is 2.71. The highest BCUT2D eigenvalue weighted by atomic mass is 16.5.